The van der Waals surface area contributed by atoms with Gasteiger partial charge in [-0.2, -0.15) is 0 Å². The van der Waals surface area contributed by atoms with Crippen LogP contribution in [0.4, 0.5) is 0 Å². The second-order valence-electron chi connectivity index (χ2n) is 3.13. The Morgan fingerprint density at radius 3 is 2.40 bits per heavy atom. The highest BCUT2D eigenvalue weighted by molar-refractivity contribution is 7.54. The third kappa shape index (κ3) is 2.71. The quantitative estimate of drug-likeness (QED) is 0.539. The normalized spacial score (nSPS) is 21.9. The van der Waals surface area contributed by atoms with E-state index in [2.05, 4.69) is 0 Å². The van der Waals surface area contributed by atoms with Crippen LogP contribution in [0.3, 0.4) is 0 Å². The lowest BCUT2D eigenvalue weighted by Crippen LogP contribution is -2.14. The maximum atomic E-state index is 12.2. The summed E-state index contributed by atoms with van der Waals surface area (Å²) in [5.41, 5.74) is 0.472. The molecule has 0 aromatic heterocycles. The monoisotopic (exact) mass is 237 g/mol. The first-order valence-electron chi connectivity index (χ1n) is 4.88. The van der Waals surface area contributed by atoms with Gasteiger partial charge in [0.1, 0.15) is 0 Å². The topological polar surface area (TPSA) is 70.8 Å². The minimum Gasteiger partial charge on any atom is -0.387 e. The molecule has 15 heavy (non-hydrogen) atoms. The fourth-order valence-electron chi connectivity index (χ4n) is 1.30. The van der Waals surface area contributed by atoms with Gasteiger partial charge >= 0.3 is 7.60 Å². The van der Waals surface area contributed by atoms with Crippen LogP contribution >= 0.6 is 7.60 Å². The molecule has 0 aromatic carbocycles. The molecule has 1 aliphatic rings. The Morgan fingerprint density at radius 2 is 2.07 bits per heavy atom. The van der Waals surface area contributed by atoms with Crippen molar-refractivity contribution in [1.29, 1.82) is 0 Å². The molecule has 0 unspecified atom stereocenters. The van der Waals surface area contributed by atoms with Gasteiger partial charge in [-0.1, -0.05) is 0 Å². The molecule has 0 radical (unpaired) electrons. The van der Waals surface area contributed by atoms with Crippen LogP contribution in [0, 0.1) is 5.21 Å². The summed E-state index contributed by atoms with van der Waals surface area (Å²) in [6.45, 7) is 5.57. The standard InChI is InChI=1S/C8H16NO5P/c1-4-12-15(11,13-5-2)8-6-7(3)9(10)14-8/h8H,4-6H2,1-3H3/t8-/m0/s1. The van der Waals surface area contributed by atoms with Crippen LogP contribution in [0.5, 0.6) is 0 Å². The summed E-state index contributed by atoms with van der Waals surface area (Å²) in [4.78, 5) is 5.24. The van der Waals surface area contributed by atoms with Crippen LogP contribution in [0.1, 0.15) is 27.2 Å². The first-order valence-corrected chi connectivity index (χ1v) is 6.50. The second-order valence-corrected chi connectivity index (χ2v) is 5.30. The van der Waals surface area contributed by atoms with Gasteiger partial charge < -0.3 is 13.9 Å². The van der Waals surface area contributed by atoms with Crippen molar-refractivity contribution in [1.82, 2.24) is 0 Å². The van der Waals surface area contributed by atoms with E-state index >= 15 is 0 Å². The fraction of sp³-hybridized carbons (Fsp3) is 0.875. The summed E-state index contributed by atoms with van der Waals surface area (Å²) >= 11 is 0. The Balaban J connectivity index is 2.72. The van der Waals surface area contributed by atoms with Crippen LogP contribution < -0.4 is 0 Å². The predicted octanol–water partition coefficient (Wildman–Crippen LogP) is 1.89. The van der Waals surface area contributed by atoms with E-state index in [9.17, 15) is 9.77 Å². The van der Waals surface area contributed by atoms with Gasteiger partial charge in [0, 0.05) is 11.8 Å². The highest BCUT2D eigenvalue weighted by atomic mass is 31.2. The Bertz CT molecular complexity index is 279. The Morgan fingerprint density at radius 1 is 1.53 bits per heavy atom. The van der Waals surface area contributed by atoms with Gasteiger partial charge in [0.15, 0.2) is 5.85 Å². The molecular formula is C8H16NO5P. The average molecular weight is 237 g/mol. The number of nitrogens with zero attached hydrogens (tertiary/aromatic N) is 1. The fourth-order valence-corrected chi connectivity index (χ4v) is 3.11. The van der Waals surface area contributed by atoms with E-state index in [0.717, 1.165) is 0 Å². The summed E-state index contributed by atoms with van der Waals surface area (Å²) in [6, 6.07) is 0. The molecule has 0 saturated carbocycles. The van der Waals surface area contributed by atoms with Crippen molar-refractivity contribution in [2.45, 2.75) is 33.0 Å². The molecule has 0 spiro atoms. The zero-order valence-corrected chi connectivity index (χ0v) is 10.0. The van der Waals surface area contributed by atoms with Crippen LogP contribution in [0.25, 0.3) is 0 Å². The molecule has 0 aromatic rings. The van der Waals surface area contributed by atoms with Crippen molar-refractivity contribution in [2.24, 2.45) is 0 Å². The Labute approximate surface area is 88.9 Å². The molecule has 1 rings (SSSR count). The number of hydrogen-bond acceptors (Lipinski definition) is 5. The van der Waals surface area contributed by atoms with Crippen LogP contribution in [0.2, 0.25) is 0 Å². The molecule has 0 amide bonds. The van der Waals surface area contributed by atoms with Gasteiger partial charge in [-0.25, -0.2) is 0 Å². The van der Waals surface area contributed by atoms with E-state index in [4.69, 9.17) is 13.9 Å². The molecule has 0 aliphatic carbocycles. The maximum Gasteiger partial charge on any atom is 0.350 e. The van der Waals surface area contributed by atoms with E-state index in [1.807, 2.05) is 0 Å². The molecule has 1 atom stereocenters. The number of hydrogen-bond donors (Lipinski definition) is 0. The predicted molar refractivity (Wildman–Crippen MR) is 54.7 cm³/mol. The summed E-state index contributed by atoms with van der Waals surface area (Å²) in [7, 11) is -3.33. The minimum atomic E-state index is -3.33. The van der Waals surface area contributed by atoms with Crippen LogP contribution in [-0.4, -0.2) is 29.7 Å². The van der Waals surface area contributed by atoms with Crippen molar-refractivity contribution in [3.05, 3.63) is 5.21 Å². The molecule has 1 aliphatic heterocycles. The van der Waals surface area contributed by atoms with E-state index < -0.39 is 13.4 Å². The van der Waals surface area contributed by atoms with Gasteiger partial charge in [0.05, 0.1) is 19.6 Å². The summed E-state index contributed by atoms with van der Waals surface area (Å²) < 4.78 is 22.3. The summed E-state index contributed by atoms with van der Waals surface area (Å²) in [5.74, 6) is -0.810. The summed E-state index contributed by atoms with van der Waals surface area (Å²) in [5, 5.41) is 11.1. The SMILES string of the molecule is CCOP(=O)(OCC)[C@H]1CC(C)=[N+]([O-])O1. The lowest BCUT2D eigenvalue weighted by Gasteiger charge is -2.22. The molecule has 6 nitrogen and oxygen atoms in total. The van der Waals surface area contributed by atoms with Crippen molar-refractivity contribution >= 4 is 13.3 Å². The van der Waals surface area contributed by atoms with Crippen molar-refractivity contribution in [2.75, 3.05) is 13.2 Å². The van der Waals surface area contributed by atoms with Gasteiger partial charge in [-0.15, -0.1) is 0 Å². The molecule has 7 heteroatoms. The highest BCUT2D eigenvalue weighted by Gasteiger charge is 2.41. The lowest BCUT2D eigenvalue weighted by molar-refractivity contribution is -0.735. The first kappa shape index (κ1) is 12.5. The highest BCUT2D eigenvalue weighted by Crippen LogP contribution is 2.55. The van der Waals surface area contributed by atoms with Crippen LogP contribution in [0.15, 0.2) is 0 Å². The molecule has 0 bridgehead atoms. The number of rotatable bonds is 5. The molecular weight excluding hydrogens is 221 g/mol. The van der Waals surface area contributed by atoms with E-state index in [1.54, 1.807) is 20.8 Å². The average Bonchev–Trinajstić information content (AvgIpc) is 2.48. The largest absolute Gasteiger partial charge is 0.387 e. The van der Waals surface area contributed by atoms with Gasteiger partial charge in [-0.05, 0) is 13.8 Å². The van der Waals surface area contributed by atoms with Gasteiger partial charge in [0.2, 0.25) is 5.71 Å². The van der Waals surface area contributed by atoms with Gasteiger partial charge in [0.25, 0.3) is 0 Å². The third-order valence-corrected chi connectivity index (χ3v) is 4.19. The van der Waals surface area contributed by atoms with Crippen molar-refractivity contribution in [3.8, 4) is 0 Å². The van der Waals surface area contributed by atoms with Crippen molar-refractivity contribution in [3.63, 3.8) is 0 Å². The minimum absolute atomic E-state index is 0.259. The molecule has 0 saturated heterocycles. The lowest BCUT2D eigenvalue weighted by atomic mass is 10.3. The summed E-state index contributed by atoms with van der Waals surface area (Å²) in [6.07, 6.45) is 0.279. The van der Waals surface area contributed by atoms with Crippen molar-refractivity contribution < 1.29 is 23.4 Å². The van der Waals surface area contributed by atoms with E-state index in [0.29, 0.717) is 10.6 Å². The smallest absolute Gasteiger partial charge is 0.350 e. The Hall–Kier alpha value is -0.580. The zero-order valence-electron chi connectivity index (χ0n) is 9.13. The van der Waals surface area contributed by atoms with E-state index in [1.165, 1.54) is 0 Å². The molecule has 1 heterocycles. The van der Waals surface area contributed by atoms with E-state index in [-0.39, 0.29) is 19.6 Å². The first-order chi connectivity index (χ1) is 7.03. The zero-order chi connectivity index (χ0) is 11.5. The van der Waals surface area contributed by atoms with Gasteiger partial charge in [-0.3, -0.25) is 9.77 Å². The molecule has 0 N–H and O–H groups in total. The molecule has 0 fully saturated rings. The maximum absolute atomic E-state index is 12.2. The Kier molecular flexibility index (Phi) is 4.13. The third-order valence-electron chi connectivity index (χ3n) is 1.97. The molecule has 88 valence electrons. The van der Waals surface area contributed by atoms with Crippen LogP contribution in [-0.2, 0) is 18.5 Å². The second kappa shape index (κ2) is 4.96.